The molecule has 0 fully saturated rings. The number of rotatable bonds is 5. The van der Waals surface area contributed by atoms with Gasteiger partial charge in [0.25, 0.3) is 0 Å². The highest BCUT2D eigenvalue weighted by atomic mass is 35.5. The molecule has 8 heteroatoms. The van der Waals surface area contributed by atoms with Gasteiger partial charge in [0, 0.05) is 16.3 Å². The molecular formula is C19H18ClN5OS. The van der Waals surface area contributed by atoms with E-state index < -0.39 is 0 Å². The Morgan fingerprint density at radius 1 is 1.19 bits per heavy atom. The standard InChI is InChI=1S/C19H18ClN5OS/c20-15-6-2-5-14(9-15)18-23-24-19(25(18)21)27-11-17(26)22-16-8-7-12-3-1-4-13(12)10-16/h2,5-10H,1,3-4,11,21H2,(H,22,26). The number of benzene rings is 2. The number of nitrogen functional groups attached to an aromatic ring is 1. The van der Waals surface area contributed by atoms with Crippen molar-refractivity contribution in [1.82, 2.24) is 14.9 Å². The van der Waals surface area contributed by atoms with Gasteiger partial charge in [0.1, 0.15) is 0 Å². The third-order valence-corrected chi connectivity index (χ3v) is 5.64. The van der Waals surface area contributed by atoms with Crippen molar-refractivity contribution < 1.29 is 4.79 Å². The summed E-state index contributed by atoms with van der Waals surface area (Å²) in [6.45, 7) is 0. The van der Waals surface area contributed by atoms with Gasteiger partial charge in [-0.05, 0) is 54.7 Å². The number of aryl methyl sites for hydroxylation is 2. The average Bonchev–Trinajstić information content (AvgIpc) is 3.26. The topological polar surface area (TPSA) is 85.8 Å². The first kappa shape index (κ1) is 17.9. The molecule has 0 radical (unpaired) electrons. The molecule has 27 heavy (non-hydrogen) atoms. The number of aromatic nitrogens is 3. The molecule has 0 saturated carbocycles. The average molecular weight is 400 g/mol. The minimum Gasteiger partial charge on any atom is -0.335 e. The fourth-order valence-corrected chi connectivity index (χ4v) is 4.02. The number of nitrogens with two attached hydrogens (primary N) is 1. The second kappa shape index (κ2) is 7.62. The van der Waals surface area contributed by atoms with Crippen LogP contribution in [-0.4, -0.2) is 26.5 Å². The van der Waals surface area contributed by atoms with Crippen LogP contribution in [-0.2, 0) is 17.6 Å². The highest BCUT2D eigenvalue weighted by Gasteiger charge is 2.15. The molecule has 138 valence electrons. The van der Waals surface area contributed by atoms with Crippen molar-refractivity contribution in [2.45, 2.75) is 24.4 Å². The molecule has 1 aliphatic rings. The molecule has 4 rings (SSSR count). The smallest absolute Gasteiger partial charge is 0.234 e. The summed E-state index contributed by atoms with van der Waals surface area (Å²) >= 11 is 7.25. The van der Waals surface area contributed by atoms with E-state index in [1.54, 1.807) is 12.1 Å². The highest BCUT2D eigenvalue weighted by Crippen LogP contribution is 2.26. The number of nitrogens with one attached hydrogen (secondary N) is 1. The quantitative estimate of drug-likeness (QED) is 0.506. The lowest BCUT2D eigenvalue weighted by atomic mass is 10.1. The van der Waals surface area contributed by atoms with E-state index in [-0.39, 0.29) is 11.7 Å². The van der Waals surface area contributed by atoms with Crippen LogP contribution in [0.1, 0.15) is 17.5 Å². The van der Waals surface area contributed by atoms with Crippen molar-refractivity contribution in [3.05, 3.63) is 58.6 Å². The van der Waals surface area contributed by atoms with Gasteiger partial charge in [-0.3, -0.25) is 4.79 Å². The number of carbonyl (C=O) groups excluding carboxylic acids is 1. The molecule has 2 aromatic carbocycles. The molecule has 1 aliphatic carbocycles. The summed E-state index contributed by atoms with van der Waals surface area (Å²) in [6, 6.07) is 13.3. The second-order valence-electron chi connectivity index (χ2n) is 6.36. The minimum atomic E-state index is -0.106. The van der Waals surface area contributed by atoms with Crippen LogP contribution in [0.3, 0.4) is 0 Å². The summed E-state index contributed by atoms with van der Waals surface area (Å²) in [6.07, 6.45) is 3.39. The molecule has 0 bridgehead atoms. The van der Waals surface area contributed by atoms with E-state index in [0.717, 1.165) is 24.1 Å². The first-order valence-corrected chi connectivity index (χ1v) is 9.97. The number of carbonyl (C=O) groups is 1. The molecule has 1 amide bonds. The van der Waals surface area contributed by atoms with Gasteiger partial charge >= 0.3 is 0 Å². The van der Waals surface area contributed by atoms with Crippen molar-refractivity contribution in [3.63, 3.8) is 0 Å². The van der Waals surface area contributed by atoms with Gasteiger partial charge in [0.2, 0.25) is 11.1 Å². The lowest BCUT2D eigenvalue weighted by Gasteiger charge is -2.07. The van der Waals surface area contributed by atoms with Gasteiger partial charge < -0.3 is 11.2 Å². The van der Waals surface area contributed by atoms with Gasteiger partial charge in [-0.1, -0.05) is 41.6 Å². The molecule has 0 saturated heterocycles. The van der Waals surface area contributed by atoms with Crippen LogP contribution >= 0.6 is 23.4 Å². The largest absolute Gasteiger partial charge is 0.335 e. The van der Waals surface area contributed by atoms with Gasteiger partial charge in [0.05, 0.1) is 5.75 Å². The first-order valence-electron chi connectivity index (χ1n) is 8.61. The Bertz CT molecular complexity index is 1000. The van der Waals surface area contributed by atoms with E-state index in [1.807, 2.05) is 18.2 Å². The summed E-state index contributed by atoms with van der Waals surface area (Å²) in [5, 5.41) is 12.2. The summed E-state index contributed by atoms with van der Waals surface area (Å²) in [5.74, 6) is 6.67. The van der Waals surface area contributed by atoms with Gasteiger partial charge in [-0.25, -0.2) is 4.68 Å². The van der Waals surface area contributed by atoms with Crippen LogP contribution in [0, 0.1) is 0 Å². The first-order chi connectivity index (χ1) is 13.1. The summed E-state index contributed by atoms with van der Waals surface area (Å²) in [4.78, 5) is 12.3. The summed E-state index contributed by atoms with van der Waals surface area (Å²) in [5.41, 5.74) is 4.31. The van der Waals surface area contributed by atoms with E-state index in [0.29, 0.717) is 16.0 Å². The normalized spacial score (nSPS) is 12.8. The maximum absolute atomic E-state index is 12.3. The number of nitrogens with zero attached hydrogens (tertiary/aromatic N) is 3. The van der Waals surface area contributed by atoms with Crippen LogP contribution in [0.15, 0.2) is 47.6 Å². The predicted molar refractivity (Wildman–Crippen MR) is 108 cm³/mol. The fourth-order valence-electron chi connectivity index (χ4n) is 3.18. The maximum Gasteiger partial charge on any atom is 0.234 e. The number of anilines is 1. The lowest BCUT2D eigenvalue weighted by Crippen LogP contribution is -2.16. The van der Waals surface area contributed by atoms with Crippen molar-refractivity contribution in [2.24, 2.45) is 0 Å². The number of hydrogen-bond donors (Lipinski definition) is 2. The Morgan fingerprint density at radius 2 is 2.04 bits per heavy atom. The Kier molecular flexibility index (Phi) is 5.05. The van der Waals surface area contributed by atoms with Crippen molar-refractivity contribution in [3.8, 4) is 11.4 Å². The highest BCUT2D eigenvalue weighted by molar-refractivity contribution is 7.99. The monoisotopic (exact) mass is 399 g/mol. The number of thioether (sulfide) groups is 1. The molecule has 1 aromatic heterocycles. The number of fused-ring (bicyclic) bond motifs is 1. The van der Waals surface area contributed by atoms with E-state index in [2.05, 4.69) is 27.6 Å². The number of hydrogen-bond acceptors (Lipinski definition) is 5. The molecule has 1 heterocycles. The van der Waals surface area contributed by atoms with Crippen LogP contribution in [0.4, 0.5) is 5.69 Å². The van der Waals surface area contributed by atoms with Gasteiger partial charge in [0.15, 0.2) is 5.82 Å². The predicted octanol–water partition coefficient (Wildman–Crippen LogP) is 3.53. The van der Waals surface area contributed by atoms with Crippen LogP contribution in [0.5, 0.6) is 0 Å². The van der Waals surface area contributed by atoms with Gasteiger partial charge in [-0.2, -0.15) is 0 Å². The molecule has 0 spiro atoms. The van der Waals surface area contributed by atoms with E-state index in [1.165, 1.54) is 34.0 Å². The van der Waals surface area contributed by atoms with E-state index in [9.17, 15) is 4.79 Å². The van der Waals surface area contributed by atoms with Crippen molar-refractivity contribution in [2.75, 3.05) is 16.9 Å². The minimum absolute atomic E-state index is 0.106. The zero-order valence-electron chi connectivity index (χ0n) is 14.5. The molecule has 6 nitrogen and oxygen atoms in total. The van der Waals surface area contributed by atoms with E-state index in [4.69, 9.17) is 17.4 Å². The van der Waals surface area contributed by atoms with Crippen LogP contribution < -0.4 is 11.2 Å². The molecule has 0 unspecified atom stereocenters. The van der Waals surface area contributed by atoms with Gasteiger partial charge in [-0.15, -0.1) is 10.2 Å². The Morgan fingerprint density at radius 3 is 2.89 bits per heavy atom. The molecular weight excluding hydrogens is 382 g/mol. The zero-order chi connectivity index (χ0) is 18.8. The molecule has 3 aromatic rings. The fraction of sp³-hybridized carbons (Fsp3) is 0.211. The number of amides is 1. The Labute approximate surface area is 166 Å². The summed E-state index contributed by atoms with van der Waals surface area (Å²) in [7, 11) is 0. The second-order valence-corrected chi connectivity index (χ2v) is 7.74. The number of halogens is 1. The van der Waals surface area contributed by atoms with E-state index >= 15 is 0 Å². The van der Waals surface area contributed by atoms with Crippen molar-refractivity contribution in [1.29, 1.82) is 0 Å². The lowest BCUT2D eigenvalue weighted by molar-refractivity contribution is -0.113. The third-order valence-electron chi connectivity index (χ3n) is 4.46. The Balaban J connectivity index is 1.39. The molecule has 3 N–H and O–H groups in total. The van der Waals surface area contributed by atoms with Crippen LogP contribution in [0.2, 0.25) is 5.02 Å². The maximum atomic E-state index is 12.3. The SMILES string of the molecule is Nn1c(SCC(=O)Nc2ccc3c(c2)CCC3)nnc1-c1cccc(Cl)c1. The molecule has 0 atom stereocenters. The third kappa shape index (κ3) is 3.94. The summed E-state index contributed by atoms with van der Waals surface area (Å²) < 4.78 is 1.37. The zero-order valence-corrected chi connectivity index (χ0v) is 16.1. The molecule has 0 aliphatic heterocycles. The van der Waals surface area contributed by atoms with Crippen LogP contribution in [0.25, 0.3) is 11.4 Å². The van der Waals surface area contributed by atoms with Crippen molar-refractivity contribution >= 4 is 35.0 Å². The Hall–Kier alpha value is -2.51.